The minimum atomic E-state index is -0.797. The summed E-state index contributed by atoms with van der Waals surface area (Å²) in [5.74, 6) is -0.797. The molecule has 0 saturated carbocycles. The lowest BCUT2D eigenvalue weighted by Crippen LogP contribution is -2.20. The first kappa shape index (κ1) is 15.3. The van der Waals surface area contributed by atoms with Gasteiger partial charge in [-0.3, -0.25) is 4.79 Å². The third-order valence-electron chi connectivity index (χ3n) is 3.58. The Balaban J connectivity index is 1.64. The van der Waals surface area contributed by atoms with Crippen LogP contribution in [0.25, 0.3) is 0 Å². The van der Waals surface area contributed by atoms with E-state index >= 15 is 0 Å². The molecule has 0 unspecified atom stereocenters. The maximum absolute atomic E-state index is 10.7. The van der Waals surface area contributed by atoms with Gasteiger partial charge in [0.25, 0.3) is 0 Å². The molecule has 2 rings (SSSR count). The number of thiazole rings is 1. The number of hydrogen-bond donors (Lipinski definition) is 2. The Bertz CT molecular complexity index is 442. The van der Waals surface area contributed by atoms with E-state index < -0.39 is 5.97 Å². The van der Waals surface area contributed by atoms with Crippen LogP contribution in [0.1, 0.15) is 36.3 Å². The smallest absolute Gasteiger partial charge is 0.308 e. The normalized spacial score (nSPS) is 15.7. The molecule has 1 aromatic rings. The third-order valence-corrected chi connectivity index (χ3v) is 4.70. The summed E-state index contributed by atoms with van der Waals surface area (Å²) in [7, 11) is 0. The van der Waals surface area contributed by atoms with Gasteiger partial charge in [-0.2, -0.15) is 0 Å². The second-order valence-electron chi connectivity index (χ2n) is 5.28. The minimum absolute atomic E-state index is 0.0696. The highest BCUT2D eigenvalue weighted by atomic mass is 32.1. The molecule has 0 spiro atoms. The number of aliphatic carboxylic acids is 1. The van der Waals surface area contributed by atoms with Crippen LogP contribution >= 0.6 is 11.3 Å². The van der Waals surface area contributed by atoms with Crippen molar-refractivity contribution in [1.29, 1.82) is 0 Å². The van der Waals surface area contributed by atoms with E-state index in [1.54, 1.807) is 0 Å². The van der Waals surface area contributed by atoms with Crippen molar-refractivity contribution in [3.8, 4) is 0 Å². The maximum atomic E-state index is 10.7. The minimum Gasteiger partial charge on any atom is -0.481 e. The highest BCUT2D eigenvalue weighted by Crippen LogP contribution is 2.23. The Morgan fingerprint density at radius 1 is 1.40 bits per heavy atom. The van der Waals surface area contributed by atoms with Crippen molar-refractivity contribution in [2.45, 2.75) is 39.0 Å². The van der Waals surface area contributed by atoms with Gasteiger partial charge in [0.1, 0.15) is 0 Å². The molecule has 0 amide bonds. The van der Waals surface area contributed by atoms with Gasteiger partial charge in [-0.1, -0.05) is 0 Å². The highest BCUT2D eigenvalue weighted by molar-refractivity contribution is 7.15. The lowest BCUT2D eigenvalue weighted by atomic mass is 10.3. The number of aromatic nitrogens is 1. The van der Waals surface area contributed by atoms with Gasteiger partial charge in [-0.15, -0.1) is 11.3 Å². The summed E-state index contributed by atoms with van der Waals surface area (Å²) in [6, 6.07) is 0. The van der Waals surface area contributed by atoms with Gasteiger partial charge in [0.15, 0.2) is 5.13 Å². The molecule has 0 atom stereocenters. The van der Waals surface area contributed by atoms with Gasteiger partial charge in [0.05, 0.1) is 12.1 Å². The molecule has 6 heteroatoms. The lowest BCUT2D eigenvalue weighted by Gasteiger charge is -2.13. The second kappa shape index (κ2) is 7.59. The van der Waals surface area contributed by atoms with Gasteiger partial charge in [-0.25, -0.2) is 4.98 Å². The monoisotopic (exact) mass is 297 g/mol. The Morgan fingerprint density at radius 2 is 2.15 bits per heavy atom. The molecule has 5 nitrogen and oxygen atoms in total. The lowest BCUT2D eigenvalue weighted by molar-refractivity contribution is -0.136. The standard InChI is InChI=1S/C14H23N3O2S/c1-11-12(10-13(18)19)20-14(16-11)15-6-2-3-7-17-8-4-5-9-17/h2-10H2,1H3,(H,15,16)(H,18,19). The number of aryl methyl sites for hydroxylation is 1. The highest BCUT2D eigenvalue weighted by Gasteiger charge is 2.11. The molecule has 0 aliphatic carbocycles. The fraction of sp³-hybridized carbons (Fsp3) is 0.714. The quantitative estimate of drug-likeness (QED) is 0.721. The number of rotatable bonds is 8. The van der Waals surface area contributed by atoms with Crippen molar-refractivity contribution < 1.29 is 9.90 Å². The van der Waals surface area contributed by atoms with E-state index in [2.05, 4.69) is 15.2 Å². The predicted octanol–water partition coefficient (Wildman–Crippen LogP) is 2.37. The van der Waals surface area contributed by atoms with E-state index in [-0.39, 0.29) is 6.42 Å². The molecule has 0 aromatic carbocycles. The zero-order valence-electron chi connectivity index (χ0n) is 12.0. The molecular formula is C14H23N3O2S. The molecular weight excluding hydrogens is 274 g/mol. The molecule has 1 fully saturated rings. The molecule has 1 aromatic heterocycles. The number of carboxylic acid groups (broad SMARTS) is 1. The van der Waals surface area contributed by atoms with Gasteiger partial charge in [-0.05, 0) is 52.2 Å². The molecule has 20 heavy (non-hydrogen) atoms. The summed E-state index contributed by atoms with van der Waals surface area (Å²) >= 11 is 1.46. The fourth-order valence-electron chi connectivity index (χ4n) is 2.47. The van der Waals surface area contributed by atoms with Crippen LogP contribution in [0.15, 0.2) is 0 Å². The molecule has 112 valence electrons. The van der Waals surface area contributed by atoms with Gasteiger partial charge < -0.3 is 15.3 Å². The Morgan fingerprint density at radius 3 is 2.85 bits per heavy atom. The summed E-state index contributed by atoms with van der Waals surface area (Å²) in [5.41, 5.74) is 0.831. The first-order valence-electron chi connectivity index (χ1n) is 7.29. The van der Waals surface area contributed by atoms with Crippen LogP contribution in [-0.2, 0) is 11.2 Å². The number of carbonyl (C=O) groups is 1. The Kier molecular flexibility index (Phi) is 5.79. The van der Waals surface area contributed by atoms with Gasteiger partial charge >= 0.3 is 5.97 Å². The zero-order valence-corrected chi connectivity index (χ0v) is 12.8. The molecule has 2 heterocycles. The van der Waals surface area contributed by atoms with Crippen LogP contribution < -0.4 is 5.32 Å². The largest absolute Gasteiger partial charge is 0.481 e. The molecule has 1 aliphatic rings. The van der Waals surface area contributed by atoms with Crippen LogP contribution in [0.2, 0.25) is 0 Å². The van der Waals surface area contributed by atoms with E-state index in [0.29, 0.717) is 0 Å². The van der Waals surface area contributed by atoms with E-state index in [4.69, 9.17) is 5.11 Å². The molecule has 0 radical (unpaired) electrons. The third kappa shape index (κ3) is 4.76. The van der Waals surface area contributed by atoms with Crippen LogP contribution in [0.3, 0.4) is 0 Å². The topological polar surface area (TPSA) is 65.5 Å². The number of anilines is 1. The van der Waals surface area contributed by atoms with Crippen molar-refractivity contribution in [3.05, 3.63) is 10.6 Å². The average molecular weight is 297 g/mol. The summed E-state index contributed by atoms with van der Waals surface area (Å²) < 4.78 is 0. The van der Waals surface area contributed by atoms with Crippen LogP contribution in [0.5, 0.6) is 0 Å². The maximum Gasteiger partial charge on any atom is 0.308 e. The second-order valence-corrected chi connectivity index (χ2v) is 6.36. The fourth-order valence-corrected chi connectivity index (χ4v) is 3.45. The van der Waals surface area contributed by atoms with Crippen LogP contribution in [0.4, 0.5) is 5.13 Å². The van der Waals surface area contributed by atoms with Crippen LogP contribution in [-0.4, -0.2) is 47.1 Å². The number of carboxylic acids is 1. The summed E-state index contributed by atoms with van der Waals surface area (Å²) in [4.78, 5) is 18.5. The Labute approximate surface area is 124 Å². The van der Waals surface area contributed by atoms with E-state index in [9.17, 15) is 4.79 Å². The molecule has 0 bridgehead atoms. The first-order valence-corrected chi connectivity index (χ1v) is 8.11. The predicted molar refractivity (Wildman–Crippen MR) is 81.6 cm³/mol. The summed E-state index contributed by atoms with van der Waals surface area (Å²) in [6.07, 6.45) is 5.11. The van der Waals surface area contributed by atoms with Crippen molar-refractivity contribution >= 4 is 22.4 Å². The van der Waals surface area contributed by atoms with E-state index in [1.165, 1.54) is 50.2 Å². The molecule has 1 aliphatic heterocycles. The summed E-state index contributed by atoms with van der Waals surface area (Å²) in [6.45, 7) is 6.50. The number of likely N-dealkylation sites (tertiary alicyclic amines) is 1. The van der Waals surface area contributed by atoms with Crippen molar-refractivity contribution in [2.75, 3.05) is 31.5 Å². The molecule has 1 saturated heterocycles. The van der Waals surface area contributed by atoms with E-state index in [0.717, 1.165) is 28.7 Å². The van der Waals surface area contributed by atoms with Crippen molar-refractivity contribution in [2.24, 2.45) is 0 Å². The zero-order chi connectivity index (χ0) is 14.4. The number of nitrogens with zero attached hydrogens (tertiary/aromatic N) is 2. The molecule has 2 N–H and O–H groups in total. The van der Waals surface area contributed by atoms with Crippen molar-refractivity contribution in [1.82, 2.24) is 9.88 Å². The van der Waals surface area contributed by atoms with Gasteiger partial charge in [0, 0.05) is 11.4 Å². The number of hydrogen-bond acceptors (Lipinski definition) is 5. The average Bonchev–Trinajstić information content (AvgIpc) is 3.00. The van der Waals surface area contributed by atoms with Crippen molar-refractivity contribution in [3.63, 3.8) is 0 Å². The van der Waals surface area contributed by atoms with Crippen LogP contribution in [0, 0.1) is 6.92 Å². The summed E-state index contributed by atoms with van der Waals surface area (Å²) in [5, 5.41) is 13.0. The van der Waals surface area contributed by atoms with Gasteiger partial charge in [0.2, 0.25) is 0 Å². The number of unbranched alkanes of at least 4 members (excludes halogenated alkanes) is 1. The Hall–Kier alpha value is -1.14. The first-order chi connectivity index (χ1) is 9.65. The SMILES string of the molecule is Cc1nc(NCCCCN2CCCC2)sc1CC(=O)O. The number of nitrogens with one attached hydrogen (secondary N) is 1. The van der Waals surface area contributed by atoms with E-state index in [1.807, 2.05) is 6.92 Å².